The van der Waals surface area contributed by atoms with Crippen LogP contribution in [0.1, 0.15) is 86.0 Å². The quantitative estimate of drug-likeness (QED) is 0.470. The fraction of sp³-hybridized carbons (Fsp3) is 0.852. The molecule has 0 amide bonds. The van der Waals surface area contributed by atoms with Gasteiger partial charge in [0.25, 0.3) is 0 Å². The zero-order valence-electron chi connectivity index (χ0n) is 20.9. The summed E-state index contributed by atoms with van der Waals surface area (Å²) in [6.07, 6.45) is 8.07. The van der Waals surface area contributed by atoms with Gasteiger partial charge in [0.05, 0.1) is 24.7 Å². The number of hydrogen-bond donors (Lipinski definition) is 2. The smallest absolute Gasteiger partial charge is 0.308 e. The van der Waals surface area contributed by atoms with E-state index in [1.54, 1.807) is 13.8 Å². The molecule has 186 valence electrons. The van der Waals surface area contributed by atoms with E-state index in [1.165, 1.54) is 12.5 Å². The van der Waals surface area contributed by atoms with Gasteiger partial charge in [0, 0.05) is 19.3 Å². The molecule has 33 heavy (non-hydrogen) atoms. The Labute approximate surface area is 198 Å². The van der Waals surface area contributed by atoms with Gasteiger partial charge in [-0.2, -0.15) is 0 Å². The summed E-state index contributed by atoms with van der Waals surface area (Å²) in [6.45, 7) is 9.86. The Kier molecular flexibility index (Phi) is 6.50. The third-order valence-electron chi connectivity index (χ3n) is 9.90. The number of aliphatic hydroxyl groups excluding tert-OH is 1. The number of carbonyl (C=O) groups excluding carboxylic acids is 2. The van der Waals surface area contributed by atoms with Crippen molar-refractivity contribution in [1.82, 2.24) is 0 Å². The molecule has 4 rings (SSSR count). The summed E-state index contributed by atoms with van der Waals surface area (Å²) in [5, 5.41) is 22.6. The Balaban J connectivity index is 1.57. The van der Waals surface area contributed by atoms with Crippen LogP contribution in [0.5, 0.6) is 0 Å². The summed E-state index contributed by atoms with van der Waals surface area (Å²) in [5.74, 6) is 0.351. The predicted molar refractivity (Wildman–Crippen MR) is 124 cm³/mol. The topological polar surface area (TPSA) is 93.1 Å². The van der Waals surface area contributed by atoms with Crippen LogP contribution in [0.15, 0.2) is 11.6 Å². The second kappa shape index (κ2) is 8.67. The number of rotatable bonds is 5. The second-order valence-electron chi connectivity index (χ2n) is 11.9. The van der Waals surface area contributed by atoms with E-state index in [9.17, 15) is 19.8 Å². The van der Waals surface area contributed by atoms with E-state index in [-0.39, 0.29) is 41.8 Å². The maximum atomic E-state index is 12.2. The first-order valence-electron chi connectivity index (χ1n) is 12.8. The number of allylic oxidation sites excluding steroid dienone is 1. The lowest BCUT2D eigenvalue weighted by Crippen LogP contribution is -2.54. The van der Waals surface area contributed by atoms with Crippen LogP contribution in [-0.2, 0) is 19.1 Å². The Bertz CT molecular complexity index is 817. The fourth-order valence-corrected chi connectivity index (χ4v) is 8.72. The van der Waals surface area contributed by atoms with Crippen molar-refractivity contribution in [2.24, 2.45) is 34.5 Å². The largest absolute Gasteiger partial charge is 0.466 e. The predicted octanol–water partition coefficient (Wildman–Crippen LogP) is 4.17. The first kappa shape index (κ1) is 24.7. The van der Waals surface area contributed by atoms with Gasteiger partial charge in [-0.15, -0.1) is 0 Å². The molecule has 0 bridgehead atoms. The average Bonchev–Trinajstić information content (AvgIpc) is 2.98. The monoisotopic (exact) mass is 462 g/mol. The molecule has 6 nitrogen and oxygen atoms in total. The zero-order chi connectivity index (χ0) is 24.2. The highest BCUT2D eigenvalue weighted by molar-refractivity contribution is 5.70. The van der Waals surface area contributed by atoms with Crippen LogP contribution in [0.4, 0.5) is 0 Å². The molecule has 0 aromatic carbocycles. The third kappa shape index (κ3) is 4.16. The van der Waals surface area contributed by atoms with Crippen molar-refractivity contribution < 1.29 is 29.3 Å². The molecule has 0 saturated heterocycles. The molecule has 2 N–H and O–H groups in total. The molecule has 0 spiro atoms. The van der Waals surface area contributed by atoms with E-state index in [1.807, 2.05) is 0 Å². The van der Waals surface area contributed by atoms with Gasteiger partial charge in [0.2, 0.25) is 0 Å². The summed E-state index contributed by atoms with van der Waals surface area (Å²) < 4.78 is 10.7. The van der Waals surface area contributed by atoms with Gasteiger partial charge in [-0.3, -0.25) is 9.59 Å². The minimum Gasteiger partial charge on any atom is -0.466 e. The highest BCUT2D eigenvalue weighted by Crippen LogP contribution is 2.67. The van der Waals surface area contributed by atoms with Crippen molar-refractivity contribution in [2.45, 2.75) is 104 Å². The molecule has 0 aromatic rings. The maximum absolute atomic E-state index is 12.2. The van der Waals surface area contributed by atoms with Crippen LogP contribution >= 0.6 is 0 Å². The fourth-order valence-electron chi connectivity index (χ4n) is 8.72. The molecular weight excluding hydrogens is 420 g/mol. The van der Waals surface area contributed by atoms with E-state index >= 15 is 0 Å². The van der Waals surface area contributed by atoms with Gasteiger partial charge in [0.15, 0.2) is 0 Å². The van der Waals surface area contributed by atoms with Crippen molar-refractivity contribution in [2.75, 3.05) is 6.61 Å². The average molecular weight is 463 g/mol. The Morgan fingerprint density at radius 3 is 2.61 bits per heavy atom. The van der Waals surface area contributed by atoms with Crippen LogP contribution in [0.2, 0.25) is 0 Å². The van der Waals surface area contributed by atoms with Crippen LogP contribution < -0.4 is 0 Å². The molecule has 3 fully saturated rings. The Morgan fingerprint density at radius 2 is 1.94 bits per heavy atom. The van der Waals surface area contributed by atoms with Crippen LogP contribution in [0.3, 0.4) is 0 Å². The van der Waals surface area contributed by atoms with Crippen molar-refractivity contribution in [1.29, 1.82) is 0 Å². The molecule has 9 atom stereocenters. The summed E-state index contributed by atoms with van der Waals surface area (Å²) in [5.41, 5.74) is 0.0307. The second-order valence-corrected chi connectivity index (χ2v) is 11.9. The minimum atomic E-state index is -1.30. The number of ether oxygens (including phenoxy) is 2. The summed E-state index contributed by atoms with van der Waals surface area (Å²) in [4.78, 5) is 23.7. The Hall–Kier alpha value is -1.40. The van der Waals surface area contributed by atoms with Gasteiger partial charge in [-0.05, 0) is 81.0 Å². The van der Waals surface area contributed by atoms with E-state index in [4.69, 9.17) is 9.47 Å². The van der Waals surface area contributed by atoms with E-state index in [0.717, 1.165) is 38.5 Å². The van der Waals surface area contributed by atoms with Gasteiger partial charge >= 0.3 is 11.9 Å². The lowest BCUT2D eigenvalue weighted by atomic mass is 9.46. The standard InChI is InChI=1S/C27H42O6/c1-6-32-23(30)15-27(5,31)24-22(29)14-21-19-8-7-17-13-18(33-16(2)28)9-11-25(17,3)20(19)10-12-26(21,24)4/h7,18-22,24,29,31H,6,8-15H2,1-5H3. The maximum Gasteiger partial charge on any atom is 0.308 e. The number of esters is 2. The highest BCUT2D eigenvalue weighted by Gasteiger charge is 2.64. The number of fused-ring (bicyclic) bond motifs is 5. The molecule has 3 saturated carbocycles. The minimum absolute atomic E-state index is 0.0112. The van der Waals surface area contributed by atoms with E-state index in [0.29, 0.717) is 24.2 Å². The highest BCUT2D eigenvalue weighted by atomic mass is 16.5. The lowest BCUT2D eigenvalue weighted by molar-refractivity contribution is -0.160. The van der Waals surface area contributed by atoms with Gasteiger partial charge < -0.3 is 19.7 Å². The van der Waals surface area contributed by atoms with Crippen molar-refractivity contribution in [3.63, 3.8) is 0 Å². The lowest BCUT2D eigenvalue weighted by Gasteiger charge is -2.58. The Morgan fingerprint density at radius 1 is 1.21 bits per heavy atom. The van der Waals surface area contributed by atoms with Crippen LogP contribution in [-0.4, -0.2) is 46.6 Å². The van der Waals surface area contributed by atoms with Crippen molar-refractivity contribution in [3.8, 4) is 0 Å². The first-order valence-corrected chi connectivity index (χ1v) is 12.8. The van der Waals surface area contributed by atoms with E-state index < -0.39 is 17.7 Å². The third-order valence-corrected chi connectivity index (χ3v) is 9.90. The molecule has 9 unspecified atom stereocenters. The summed E-state index contributed by atoms with van der Waals surface area (Å²) >= 11 is 0. The molecule has 0 aliphatic heterocycles. The van der Waals surface area contributed by atoms with Crippen molar-refractivity contribution >= 4 is 11.9 Å². The van der Waals surface area contributed by atoms with Gasteiger partial charge in [0.1, 0.15) is 6.10 Å². The van der Waals surface area contributed by atoms with Crippen LogP contribution in [0.25, 0.3) is 0 Å². The van der Waals surface area contributed by atoms with Crippen molar-refractivity contribution in [3.05, 3.63) is 11.6 Å². The SMILES string of the molecule is CCOC(=O)CC(C)(O)C1C(O)CC2C3CC=C4CC(OC(C)=O)CCC4(C)C3CCC21C. The zero-order valence-corrected chi connectivity index (χ0v) is 20.9. The first-order chi connectivity index (χ1) is 15.4. The van der Waals surface area contributed by atoms with Gasteiger partial charge in [-0.1, -0.05) is 25.5 Å². The molecule has 0 heterocycles. The summed E-state index contributed by atoms with van der Waals surface area (Å²) in [6, 6.07) is 0. The number of aliphatic hydroxyl groups is 2. The number of carbonyl (C=O) groups is 2. The number of hydrogen-bond acceptors (Lipinski definition) is 6. The van der Waals surface area contributed by atoms with Crippen LogP contribution in [0, 0.1) is 34.5 Å². The van der Waals surface area contributed by atoms with Gasteiger partial charge in [-0.25, -0.2) is 0 Å². The molecule has 4 aliphatic rings. The molecule has 0 aromatic heterocycles. The molecule has 4 aliphatic carbocycles. The van der Waals surface area contributed by atoms with E-state index in [2.05, 4.69) is 19.9 Å². The normalized spacial score (nSPS) is 43.9. The molecular formula is C27H42O6. The summed E-state index contributed by atoms with van der Waals surface area (Å²) in [7, 11) is 0. The molecule has 0 radical (unpaired) electrons. The molecule has 6 heteroatoms.